The van der Waals surface area contributed by atoms with Crippen molar-refractivity contribution in [2.75, 3.05) is 12.3 Å². The molecule has 86 valence electrons. The van der Waals surface area contributed by atoms with Crippen molar-refractivity contribution < 1.29 is 4.79 Å². The highest BCUT2D eigenvalue weighted by molar-refractivity contribution is 8.00. The molecule has 0 aromatic carbocycles. The highest BCUT2D eigenvalue weighted by Gasteiger charge is 2.19. The third kappa shape index (κ3) is 2.88. The number of aromatic nitrogens is 1. The molecule has 1 unspecified atom stereocenters. The molecule has 0 saturated carbocycles. The minimum Gasteiger partial charge on any atom is -0.397 e. The minimum atomic E-state index is 0.129. The van der Waals surface area contributed by atoms with Gasteiger partial charge < -0.3 is 11.1 Å². The number of carbonyl (C=O) groups is 1. The molecule has 0 radical (unpaired) electrons. The zero-order valence-corrected chi connectivity index (χ0v) is 9.80. The summed E-state index contributed by atoms with van der Waals surface area (Å²) in [6, 6.07) is 3.66. The van der Waals surface area contributed by atoms with E-state index in [0.29, 0.717) is 17.4 Å². The zero-order chi connectivity index (χ0) is 11.4. The summed E-state index contributed by atoms with van der Waals surface area (Å²) in [5.41, 5.74) is 6.52. The maximum atomic E-state index is 11.4. The van der Waals surface area contributed by atoms with Gasteiger partial charge in [-0.25, -0.2) is 4.98 Å². The Balaban J connectivity index is 2.03. The van der Waals surface area contributed by atoms with Crippen molar-refractivity contribution in [2.24, 2.45) is 0 Å². The van der Waals surface area contributed by atoms with Crippen LogP contribution in [0.15, 0.2) is 23.4 Å². The van der Waals surface area contributed by atoms with Gasteiger partial charge in [-0.3, -0.25) is 4.79 Å². The van der Waals surface area contributed by atoms with Crippen LogP contribution in [0.1, 0.15) is 19.3 Å². The second kappa shape index (κ2) is 5.21. The number of hydrogen-bond acceptors (Lipinski definition) is 4. The molecule has 5 heteroatoms. The average molecular weight is 237 g/mol. The summed E-state index contributed by atoms with van der Waals surface area (Å²) in [7, 11) is 0. The van der Waals surface area contributed by atoms with Crippen LogP contribution in [0.3, 0.4) is 0 Å². The molecule has 0 aliphatic carbocycles. The van der Waals surface area contributed by atoms with Gasteiger partial charge in [0.2, 0.25) is 5.91 Å². The fourth-order valence-electron chi connectivity index (χ4n) is 1.70. The molecule has 1 saturated heterocycles. The van der Waals surface area contributed by atoms with Crippen molar-refractivity contribution in [1.82, 2.24) is 10.3 Å². The molecule has 0 bridgehead atoms. The fourth-order valence-corrected chi connectivity index (χ4v) is 2.86. The topological polar surface area (TPSA) is 68.0 Å². The number of nitrogens with two attached hydrogens (primary N) is 1. The molecule has 1 aliphatic rings. The van der Waals surface area contributed by atoms with E-state index in [-0.39, 0.29) is 5.91 Å². The first-order valence-electron chi connectivity index (χ1n) is 5.39. The van der Waals surface area contributed by atoms with Gasteiger partial charge in [-0.05, 0) is 25.0 Å². The predicted molar refractivity (Wildman–Crippen MR) is 65.2 cm³/mol. The number of thioether (sulfide) groups is 1. The summed E-state index contributed by atoms with van der Waals surface area (Å²) < 4.78 is 0. The summed E-state index contributed by atoms with van der Waals surface area (Å²) in [6.07, 6.45) is 4.34. The van der Waals surface area contributed by atoms with Crippen LogP contribution in [0.5, 0.6) is 0 Å². The predicted octanol–water partition coefficient (Wildman–Crippen LogP) is 1.42. The Morgan fingerprint density at radius 2 is 2.44 bits per heavy atom. The molecule has 1 fully saturated rings. The second-order valence-electron chi connectivity index (χ2n) is 3.83. The van der Waals surface area contributed by atoms with Gasteiger partial charge in [0.05, 0.1) is 5.69 Å². The Bertz CT molecular complexity index is 383. The van der Waals surface area contributed by atoms with E-state index in [9.17, 15) is 4.79 Å². The summed E-state index contributed by atoms with van der Waals surface area (Å²) in [6.45, 7) is 0.785. The van der Waals surface area contributed by atoms with Crippen molar-refractivity contribution in [1.29, 1.82) is 0 Å². The molecule has 4 nitrogen and oxygen atoms in total. The molecule has 0 spiro atoms. The lowest BCUT2D eigenvalue weighted by molar-refractivity contribution is -0.120. The maximum Gasteiger partial charge on any atom is 0.221 e. The van der Waals surface area contributed by atoms with Crippen LogP contribution in [0.2, 0.25) is 0 Å². The summed E-state index contributed by atoms with van der Waals surface area (Å²) in [5.74, 6) is 0.129. The molecule has 1 aliphatic heterocycles. The smallest absolute Gasteiger partial charge is 0.221 e. The second-order valence-corrected chi connectivity index (χ2v) is 5.12. The fraction of sp³-hybridized carbons (Fsp3) is 0.455. The monoisotopic (exact) mass is 237 g/mol. The van der Waals surface area contributed by atoms with E-state index in [4.69, 9.17) is 5.73 Å². The van der Waals surface area contributed by atoms with Crippen molar-refractivity contribution in [2.45, 2.75) is 29.5 Å². The van der Waals surface area contributed by atoms with E-state index in [0.717, 1.165) is 24.4 Å². The van der Waals surface area contributed by atoms with E-state index >= 15 is 0 Å². The van der Waals surface area contributed by atoms with Gasteiger partial charge in [0.15, 0.2) is 0 Å². The lowest BCUT2D eigenvalue weighted by Crippen LogP contribution is -2.22. The summed E-state index contributed by atoms with van der Waals surface area (Å²) >= 11 is 1.61. The Morgan fingerprint density at radius 1 is 1.56 bits per heavy atom. The Kier molecular flexibility index (Phi) is 3.66. The van der Waals surface area contributed by atoms with Crippen LogP contribution < -0.4 is 11.1 Å². The molecule has 1 aromatic heterocycles. The molecule has 1 aromatic rings. The van der Waals surface area contributed by atoms with E-state index in [1.165, 1.54) is 0 Å². The van der Waals surface area contributed by atoms with E-state index in [2.05, 4.69) is 10.3 Å². The number of nitrogens with one attached hydrogen (secondary N) is 1. The van der Waals surface area contributed by atoms with E-state index in [1.54, 1.807) is 18.0 Å². The number of hydrogen-bond donors (Lipinski definition) is 2. The number of nitrogen functional groups attached to an aromatic ring is 1. The van der Waals surface area contributed by atoms with Gasteiger partial charge in [-0.2, -0.15) is 0 Å². The number of rotatable bonds is 2. The number of pyridine rings is 1. The van der Waals surface area contributed by atoms with Crippen LogP contribution in [0, 0.1) is 0 Å². The molecule has 2 rings (SSSR count). The van der Waals surface area contributed by atoms with Gasteiger partial charge in [0, 0.05) is 24.4 Å². The minimum absolute atomic E-state index is 0.129. The quantitative estimate of drug-likeness (QED) is 0.816. The highest BCUT2D eigenvalue weighted by Crippen LogP contribution is 2.31. The van der Waals surface area contributed by atoms with Gasteiger partial charge >= 0.3 is 0 Å². The third-order valence-corrected chi connectivity index (χ3v) is 3.82. The lowest BCUT2D eigenvalue weighted by Gasteiger charge is -2.12. The van der Waals surface area contributed by atoms with Crippen LogP contribution in [0.25, 0.3) is 0 Å². The molecule has 16 heavy (non-hydrogen) atoms. The molecule has 3 N–H and O–H groups in total. The van der Waals surface area contributed by atoms with Gasteiger partial charge in [-0.1, -0.05) is 0 Å². The van der Waals surface area contributed by atoms with Gasteiger partial charge in [0.25, 0.3) is 0 Å². The van der Waals surface area contributed by atoms with Crippen LogP contribution in [-0.2, 0) is 4.79 Å². The van der Waals surface area contributed by atoms with Gasteiger partial charge in [0.1, 0.15) is 5.03 Å². The number of nitrogens with zero attached hydrogens (tertiary/aromatic N) is 1. The van der Waals surface area contributed by atoms with E-state index < -0.39 is 0 Å². The zero-order valence-electron chi connectivity index (χ0n) is 8.98. The van der Waals surface area contributed by atoms with Gasteiger partial charge in [-0.15, -0.1) is 11.8 Å². The summed E-state index contributed by atoms with van der Waals surface area (Å²) in [4.78, 5) is 15.6. The van der Waals surface area contributed by atoms with Crippen LogP contribution in [0.4, 0.5) is 5.69 Å². The number of amides is 1. The number of carbonyl (C=O) groups excluding carboxylic acids is 1. The largest absolute Gasteiger partial charge is 0.397 e. The molecular weight excluding hydrogens is 222 g/mol. The Hall–Kier alpha value is -1.23. The third-order valence-electron chi connectivity index (χ3n) is 2.52. The molecule has 1 amide bonds. The number of anilines is 1. The average Bonchev–Trinajstić information content (AvgIpc) is 2.46. The molecular formula is C11H15N3OS. The lowest BCUT2D eigenvalue weighted by atomic mass is 10.2. The van der Waals surface area contributed by atoms with Crippen molar-refractivity contribution >= 4 is 23.4 Å². The SMILES string of the molecule is Nc1cccnc1SC1CCCNC(=O)C1. The first kappa shape index (κ1) is 11.3. The standard InChI is InChI=1S/C11H15N3OS/c12-9-4-2-6-14-11(9)16-8-3-1-5-13-10(15)7-8/h2,4,6,8H,1,3,5,7,12H2,(H,13,15). The first-order valence-corrected chi connectivity index (χ1v) is 6.27. The Morgan fingerprint density at radius 3 is 3.25 bits per heavy atom. The molecule has 2 heterocycles. The molecule has 1 atom stereocenters. The first-order chi connectivity index (χ1) is 7.75. The van der Waals surface area contributed by atoms with Crippen molar-refractivity contribution in [3.63, 3.8) is 0 Å². The van der Waals surface area contributed by atoms with Crippen LogP contribution in [-0.4, -0.2) is 22.7 Å². The maximum absolute atomic E-state index is 11.4. The van der Waals surface area contributed by atoms with Crippen molar-refractivity contribution in [3.05, 3.63) is 18.3 Å². The normalized spacial score (nSPS) is 21.2. The Labute approximate surface area is 99.0 Å². The van der Waals surface area contributed by atoms with E-state index in [1.807, 2.05) is 12.1 Å². The van der Waals surface area contributed by atoms with Crippen molar-refractivity contribution in [3.8, 4) is 0 Å². The van der Waals surface area contributed by atoms with Crippen LogP contribution >= 0.6 is 11.8 Å². The highest BCUT2D eigenvalue weighted by atomic mass is 32.2. The summed E-state index contributed by atoms with van der Waals surface area (Å²) in [5, 5.41) is 4.00.